The lowest BCUT2D eigenvalue weighted by Crippen LogP contribution is -3.12. The zero-order chi connectivity index (χ0) is 24.9. The number of quaternary nitrogens is 1. The van der Waals surface area contributed by atoms with Crippen molar-refractivity contribution in [2.45, 2.75) is 4.90 Å². The molecule has 2 aromatic carbocycles. The summed E-state index contributed by atoms with van der Waals surface area (Å²) < 4.78 is 50.1. The molecule has 0 aromatic heterocycles. The predicted molar refractivity (Wildman–Crippen MR) is 127 cm³/mol. The van der Waals surface area contributed by atoms with Crippen molar-refractivity contribution in [1.82, 2.24) is 4.90 Å². The summed E-state index contributed by atoms with van der Waals surface area (Å²) in [7, 11) is 3.68. The Morgan fingerprint density at radius 2 is 1.53 bits per heavy atom. The van der Waals surface area contributed by atoms with E-state index in [4.69, 9.17) is 18.9 Å². The van der Waals surface area contributed by atoms with Crippen molar-refractivity contribution in [3.05, 3.63) is 36.4 Å². The molecule has 34 heavy (non-hydrogen) atoms. The van der Waals surface area contributed by atoms with Gasteiger partial charge in [-0.25, -0.2) is 8.42 Å². The van der Waals surface area contributed by atoms with Gasteiger partial charge in [-0.1, -0.05) is 0 Å². The van der Waals surface area contributed by atoms with Gasteiger partial charge in [0.15, 0.2) is 11.5 Å². The average molecular weight is 495 g/mol. The molecule has 1 fully saturated rings. The number of nitrogens with one attached hydrogen (secondary N) is 1. The molecular weight excluding hydrogens is 462 g/mol. The number of benzene rings is 2. The van der Waals surface area contributed by atoms with E-state index in [0.29, 0.717) is 30.3 Å². The van der Waals surface area contributed by atoms with Crippen LogP contribution >= 0.6 is 0 Å². The summed E-state index contributed by atoms with van der Waals surface area (Å²) in [6, 6.07) is 9.11. The number of anilines is 1. The van der Waals surface area contributed by atoms with Crippen LogP contribution in [0.3, 0.4) is 0 Å². The third-order valence-electron chi connectivity index (χ3n) is 5.85. The summed E-state index contributed by atoms with van der Waals surface area (Å²) >= 11 is 0. The van der Waals surface area contributed by atoms with E-state index >= 15 is 0 Å². The van der Waals surface area contributed by atoms with E-state index in [2.05, 4.69) is 7.05 Å². The van der Waals surface area contributed by atoms with Gasteiger partial charge in [-0.15, -0.1) is 0 Å². The van der Waals surface area contributed by atoms with Gasteiger partial charge in [0.25, 0.3) is 10.0 Å². The summed E-state index contributed by atoms with van der Waals surface area (Å²) in [6.45, 7) is 2.33. The van der Waals surface area contributed by atoms with Gasteiger partial charge in [0.1, 0.15) is 18.0 Å². The number of amides is 1. The molecule has 186 valence electrons. The normalized spacial score (nSPS) is 14.4. The molecule has 3 rings (SSSR count). The Morgan fingerprint density at radius 1 is 0.912 bits per heavy atom. The second kappa shape index (κ2) is 10.8. The second-order valence-corrected chi connectivity index (χ2v) is 9.77. The van der Waals surface area contributed by atoms with Crippen molar-refractivity contribution in [1.29, 1.82) is 0 Å². The zero-order valence-corrected chi connectivity index (χ0v) is 21.0. The molecule has 0 aliphatic carbocycles. The van der Waals surface area contributed by atoms with Gasteiger partial charge in [0.05, 0.1) is 72.2 Å². The smallest absolute Gasteiger partial charge is 0.265 e. The first kappa shape index (κ1) is 25.4. The van der Waals surface area contributed by atoms with E-state index in [9.17, 15) is 13.2 Å². The Hall–Kier alpha value is -3.18. The van der Waals surface area contributed by atoms with Gasteiger partial charge in [-0.2, -0.15) is 0 Å². The molecule has 0 saturated carbocycles. The monoisotopic (exact) mass is 494 g/mol. The van der Waals surface area contributed by atoms with Gasteiger partial charge >= 0.3 is 0 Å². The molecule has 0 radical (unpaired) electrons. The third-order valence-corrected chi connectivity index (χ3v) is 7.60. The number of hydrogen-bond donors (Lipinski definition) is 1. The van der Waals surface area contributed by atoms with E-state index in [1.54, 1.807) is 23.1 Å². The molecule has 1 amide bonds. The number of ether oxygens (including phenoxy) is 4. The minimum Gasteiger partial charge on any atom is -0.497 e. The van der Waals surface area contributed by atoms with E-state index < -0.39 is 10.0 Å². The summed E-state index contributed by atoms with van der Waals surface area (Å²) in [5.74, 6) is 1.08. The van der Waals surface area contributed by atoms with Crippen molar-refractivity contribution in [2.75, 3.05) is 72.5 Å². The number of rotatable bonds is 9. The van der Waals surface area contributed by atoms with Crippen LogP contribution < -0.4 is 28.2 Å². The van der Waals surface area contributed by atoms with E-state index in [1.807, 2.05) is 0 Å². The molecule has 1 heterocycles. The number of nitrogens with zero attached hydrogens (tertiary/aromatic N) is 2. The quantitative estimate of drug-likeness (QED) is 0.534. The lowest BCUT2D eigenvalue weighted by atomic mass is 10.2. The molecule has 2 aromatic rings. The fourth-order valence-corrected chi connectivity index (χ4v) is 5.19. The number of sulfonamides is 1. The van der Waals surface area contributed by atoms with Crippen molar-refractivity contribution in [2.24, 2.45) is 0 Å². The predicted octanol–water partition coefficient (Wildman–Crippen LogP) is 0.273. The van der Waals surface area contributed by atoms with Crippen LogP contribution in [0.2, 0.25) is 0 Å². The maximum Gasteiger partial charge on any atom is 0.265 e. The summed E-state index contributed by atoms with van der Waals surface area (Å²) in [5.41, 5.74) is 0.199. The van der Waals surface area contributed by atoms with Crippen molar-refractivity contribution in [3.63, 3.8) is 0 Å². The third kappa shape index (κ3) is 5.31. The van der Waals surface area contributed by atoms with Crippen LogP contribution in [0, 0.1) is 0 Å². The van der Waals surface area contributed by atoms with Crippen molar-refractivity contribution >= 4 is 21.6 Å². The Kier molecular flexibility index (Phi) is 8.11. The van der Waals surface area contributed by atoms with Crippen LogP contribution in [0.25, 0.3) is 0 Å². The molecule has 1 saturated heterocycles. The Balaban J connectivity index is 2.09. The fraction of sp³-hybridized carbons (Fsp3) is 0.435. The van der Waals surface area contributed by atoms with Crippen LogP contribution in [-0.2, 0) is 14.8 Å². The van der Waals surface area contributed by atoms with Gasteiger partial charge in [0, 0.05) is 12.1 Å². The van der Waals surface area contributed by atoms with Crippen LogP contribution in [0.15, 0.2) is 41.3 Å². The molecule has 0 bridgehead atoms. The number of carbonyl (C=O) groups excluding carboxylic acids is 1. The minimum atomic E-state index is -4.20. The van der Waals surface area contributed by atoms with Gasteiger partial charge in [-0.05, 0) is 24.3 Å². The van der Waals surface area contributed by atoms with Gasteiger partial charge in [-0.3, -0.25) is 9.10 Å². The van der Waals surface area contributed by atoms with Gasteiger partial charge in [0.2, 0.25) is 5.91 Å². The number of carbonyl (C=O) groups is 1. The van der Waals surface area contributed by atoms with Crippen LogP contribution in [0.1, 0.15) is 0 Å². The lowest BCUT2D eigenvalue weighted by molar-refractivity contribution is -0.883. The minimum absolute atomic E-state index is 0.0503. The number of piperazine rings is 1. The number of methoxy groups -OCH3 is 4. The van der Waals surface area contributed by atoms with Crippen molar-refractivity contribution in [3.8, 4) is 23.0 Å². The topological polar surface area (TPSA) is 99.1 Å². The summed E-state index contributed by atoms with van der Waals surface area (Å²) in [4.78, 5) is 16.2. The van der Waals surface area contributed by atoms with E-state index in [1.165, 1.54) is 51.5 Å². The molecular formula is C23H32N3O7S+. The average Bonchev–Trinajstić information content (AvgIpc) is 2.86. The first-order valence-electron chi connectivity index (χ1n) is 10.8. The van der Waals surface area contributed by atoms with Crippen LogP contribution in [0.4, 0.5) is 5.69 Å². The Bertz CT molecular complexity index is 1120. The largest absolute Gasteiger partial charge is 0.497 e. The van der Waals surface area contributed by atoms with E-state index in [-0.39, 0.29) is 28.8 Å². The Labute approximate surface area is 200 Å². The number of likely N-dealkylation sites (N-methyl/N-ethyl adjacent to an activating group) is 1. The highest BCUT2D eigenvalue weighted by Gasteiger charge is 2.33. The highest BCUT2D eigenvalue weighted by Crippen LogP contribution is 2.37. The molecule has 0 unspecified atom stereocenters. The maximum atomic E-state index is 13.9. The maximum absolute atomic E-state index is 13.9. The summed E-state index contributed by atoms with van der Waals surface area (Å²) in [5, 5.41) is 0. The molecule has 10 nitrogen and oxygen atoms in total. The first-order valence-corrected chi connectivity index (χ1v) is 12.2. The second-order valence-electron chi connectivity index (χ2n) is 7.90. The zero-order valence-electron chi connectivity index (χ0n) is 20.2. The highest BCUT2D eigenvalue weighted by molar-refractivity contribution is 7.92. The molecule has 1 aliphatic rings. The molecule has 11 heteroatoms. The lowest BCUT2D eigenvalue weighted by Gasteiger charge is -2.32. The highest BCUT2D eigenvalue weighted by atomic mass is 32.2. The van der Waals surface area contributed by atoms with Crippen molar-refractivity contribution < 1.29 is 37.1 Å². The van der Waals surface area contributed by atoms with E-state index in [0.717, 1.165) is 17.4 Å². The first-order chi connectivity index (χ1) is 16.2. The molecule has 0 atom stereocenters. The fourth-order valence-electron chi connectivity index (χ4n) is 3.76. The SMILES string of the molecule is COc1ccc(OC)c(N(CC(=O)N2CC[NH+](C)CC2)S(=O)(=O)c2ccc(OC)c(OC)c2)c1. The number of hydrogen-bond acceptors (Lipinski definition) is 7. The molecule has 1 N–H and O–H groups in total. The van der Waals surface area contributed by atoms with Gasteiger partial charge < -0.3 is 28.7 Å². The van der Waals surface area contributed by atoms with Crippen LogP contribution in [-0.4, -0.2) is 87.4 Å². The Morgan fingerprint density at radius 3 is 2.12 bits per heavy atom. The van der Waals surface area contributed by atoms with Crippen LogP contribution in [0.5, 0.6) is 23.0 Å². The standard InChI is InChI=1S/C23H31N3O7S/c1-24-10-12-25(13-11-24)23(27)16-26(19-14-17(30-2)6-8-20(19)31-3)34(28,29)18-7-9-21(32-4)22(15-18)33-5/h6-9,14-15H,10-13,16H2,1-5H3/p+1. The summed E-state index contributed by atoms with van der Waals surface area (Å²) in [6.07, 6.45) is 0. The molecule has 0 spiro atoms. The molecule has 1 aliphatic heterocycles.